The van der Waals surface area contributed by atoms with Crippen LogP contribution in [0.4, 0.5) is 0 Å². The van der Waals surface area contributed by atoms with E-state index in [1.807, 2.05) is 20.8 Å². The molecule has 15 heavy (non-hydrogen) atoms. The van der Waals surface area contributed by atoms with Gasteiger partial charge in [-0.05, 0) is 33.6 Å². The Labute approximate surface area is 90.8 Å². The number of imide groups is 1. The second-order valence-electron chi connectivity index (χ2n) is 5.32. The molecule has 1 saturated heterocycles. The molecule has 0 N–H and O–H groups in total. The van der Waals surface area contributed by atoms with E-state index >= 15 is 0 Å². The number of likely N-dealkylation sites (tertiary alicyclic amines) is 1. The number of hydrogen-bond acceptors (Lipinski definition) is 2. The number of amides is 2. The molecule has 1 aliphatic carbocycles. The smallest absolute Gasteiger partial charge is 0.236 e. The molecule has 84 valence electrons. The molecule has 3 heteroatoms. The van der Waals surface area contributed by atoms with Gasteiger partial charge in [-0.3, -0.25) is 14.5 Å². The molecule has 3 nitrogen and oxygen atoms in total. The Morgan fingerprint density at radius 2 is 2.00 bits per heavy atom. The van der Waals surface area contributed by atoms with Gasteiger partial charge in [0.2, 0.25) is 11.8 Å². The van der Waals surface area contributed by atoms with E-state index < -0.39 is 0 Å². The van der Waals surface area contributed by atoms with E-state index in [1.54, 1.807) is 0 Å². The van der Waals surface area contributed by atoms with E-state index in [1.165, 1.54) is 4.90 Å². The fourth-order valence-electron chi connectivity index (χ4n) is 3.02. The van der Waals surface area contributed by atoms with Gasteiger partial charge in [0.15, 0.2) is 0 Å². The summed E-state index contributed by atoms with van der Waals surface area (Å²) in [5.74, 6) is 0.0885. The molecule has 1 saturated carbocycles. The highest BCUT2D eigenvalue weighted by Gasteiger charge is 2.57. The van der Waals surface area contributed by atoms with Gasteiger partial charge in [0.05, 0.1) is 11.3 Å². The number of rotatable bonds is 1. The van der Waals surface area contributed by atoms with Crippen molar-refractivity contribution in [2.24, 2.45) is 11.3 Å². The molecule has 0 aromatic carbocycles. The molecule has 0 unspecified atom stereocenters. The Morgan fingerprint density at radius 1 is 1.33 bits per heavy atom. The summed E-state index contributed by atoms with van der Waals surface area (Å²) in [6.45, 7) is 5.80. The number of hydrogen-bond donors (Lipinski definition) is 0. The van der Waals surface area contributed by atoms with E-state index in [4.69, 9.17) is 0 Å². The minimum absolute atomic E-state index is 0.00687. The average Bonchev–Trinajstić information content (AvgIpc) is 2.36. The van der Waals surface area contributed by atoms with Crippen molar-refractivity contribution >= 4 is 11.8 Å². The zero-order valence-corrected chi connectivity index (χ0v) is 9.75. The monoisotopic (exact) mass is 209 g/mol. The van der Waals surface area contributed by atoms with Crippen LogP contribution in [0, 0.1) is 11.3 Å². The first-order chi connectivity index (χ1) is 6.98. The molecular weight excluding hydrogens is 190 g/mol. The van der Waals surface area contributed by atoms with Crippen molar-refractivity contribution in [2.75, 3.05) is 0 Å². The lowest BCUT2D eigenvalue weighted by atomic mass is 9.69. The molecule has 1 aliphatic heterocycles. The number of nitrogens with zero attached hydrogens (tertiary/aromatic N) is 1. The molecule has 0 aromatic rings. The van der Waals surface area contributed by atoms with Crippen LogP contribution < -0.4 is 0 Å². The first-order valence-corrected chi connectivity index (χ1v) is 5.86. The van der Waals surface area contributed by atoms with E-state index in [0.29, 0.717) is 0 Å². The molecule has 2 amide bonds. The zero-order chi connectivity index (χ0) is 11.2. The van der Waals surface area contributed by atoms with Gasteiger partial charge in [-0.15, -0.1) is 0 Å². The summed E-state index contributed by atoms with van der Waals surface area (Å²) in [5.41, 5.74) is -0.389. The van der Waals surface area contributed by atoms with Gasteiger partial charge in [0, 0.05) is 6.04 Å². The van der Waals surface area contributed by atoms with Crippen molar-refractivity contribution in [3.63, 3.8) is 0 Å². The summed E-state index contributed by atoms with van der Waals surface area (Å²) in [6, 6.07) is 0.00687. The van der Waals surface area contributed by atoms with Crippen LogP contribution in [0.25, 0.3) is 0 Å². The Hall–Kier alpha value is -0.860. The molecule has 0 radical (unpaired) electrons. The molecule has 2 rings (SSSR count). The van der Waals surface area contributed by atoms with Gasteiger partial charge in [-0.2, -0.15) is 0 Å². The quantitative estimate of drug-likeness (QED) is 0.619. The second-order valence-corrected chi connectivity index (χ2v) is 5.32. The summed E-state index contributed by atoms with van der Waals surface area (Å²) >= 11 is 0. The Balaban J connectivity index is 2.36. The number of fused-ring (bicyclic) bond motifs is 1. The third kappa shape index (κ3) is 1.32. The maximum atomic E-state index is 12.2. The van der Waals surface area contributed by atoms with Crippen LogP contribution in [0.15, 0.2) is 0 Å². The van der Waals surface area contributed by atoms with Crippen molar-refractivity contribution in [3.8, 4) is 0 Å². The van der Waals surface area contributed by atoms with E-state index in [-0.39, 0.29) is 29.2 Å². The lowest BCUT2D eigenvalue weighted by Crippen LogP contribution is -2.39. The fourth-order valence-corrected chi connectivity index (χ4v) is 3.02. The maximum absolute atomic E-state index is 12.2. The molecule has 0 aromatic heterocycles. The largest absolute Gasteiger partial charge is 0.279 e. The topological polar surface area (TPSA) is 37.4 Å². The lowest BCUT2D eigenvalue weighted by Gasteiger charge is -2.31. The van der Waals surface area contributed by atoms with Crippen LogP contribution in [-0.4, -0.2) is 22.8 Å². The molecule has 0 bridgehead atoms. The minimum atomic E-state index is -0.389. The summed E-state index contributed by atoms with van der Waals surface area (Å²) in [7, 11) is 0. The van der Waals surface area contributed by atoms with Crippen LogP contribution in [0.2, 0.25) is 0 Å². The number of carbonyl (C=O) groups excluding carboxylic acids is 2. The summed E-state index contributed by atoms with van der Waals surface area (Å²) in [5, 5.41) is 0. The van der Waals surface area contributed by atoms with Gasteiger partial charge < -0.3 is 0 Å². The van der Waals surface area contributed by atoms with Crippen molar-refractivity contribution in [1.82, 2.24) is 4.90 Å². The van der Waals surface area contributed by atoms with Crippen LogP contribution >= 0.6 is 0 Å². The van der Waals surface area contributed by atoms with Crippen molar-refractivity contribution in [2.45, 2.75) is 52.5 Å². The van der Waals surface area contributed by atoms with Gasteiger partial charge in [-0.1, -0.05) is 12.8 Å². The summed E-state index contributed by atoms with van der Waals surface area (Å²) < 4.78 is 0. The molecule has 2 atom stereocenters. The average molecular weight is 209 g/mol. The lowest BCUT2D eigenvalue weighted by molar-refractivity contribution is -0.143. The van der Waals surface area contributed by atoms with Gasteiger partial charge in [-0.25, -0.2) is 0 Å². The van der Waals surface area contributed by atoms with Gasteiger partial charge >= 0.3 is 0 Å². The third-order valence-corrected chi connectivity index (χ3v) is 3.97. The highest BCUT2D eigenvalue weighted by Crippen LogP contribution is 2.48. The van der Waals surface area contributed by atoms with Crippen LogP contribution in [0.1, 0.15) is 46.5 Å². The second kappa shape index (κ2) is 3.32. The highest BCUT2D eigenvalue weighted by molar-refractivity contribution is 6.07. The molecule has 2 aliphatic rings. The standard InChI is InChI=1S/C12H19NO2/c1-8(2)13-10(14)9-6-4-5-7-12(9,3)11(13)15/h8-9H,4-7H2,1-3H3/t9-,12+/m0/s1. The maximum Gasteiger partial charge on any atom is 0.236 e. The number of carbonyl (C=O) groups is 2. The predicted molar refractivity (Wildman–Crippen MR) is 57.1 cm³/mol. The van der Waals surface area contributed by atoms with Crippen LogP contribution in [0.5, 0.6) is 0 Å². The molecular formula is C12H19NO2. The van der Waals surface area contributed by atoms with Crippen molar-refractivity contribution in [3.05, 3.63) is 0 Å². The van der Waals surface area contributed by atoms with Crippen molar-refractivity contribution in [1.29, 1.82) is 0 Å². The van der Waals surface area contributed by atoms with E-state index in [0.717, 1.165) is 25.7 Å². The first kappa shape index (κ1) is 10.7. The van der Waals surface area contributed by atoms with Gasteiger partial charge in [0.1, 0.15) is 0 Å². The van der Waals surface area contributed by atoms with E-state index in [2.05, 4.69) is 0 Å². The van der Waals surface area contributed by atoms with Crippen molar-refractivity contribution < 1.29 is 9.59 Å². The first-order valence-electron chi connectivity index (χ1n) is 5.86. The Morgan fingerprint density at radius 3 is 2.53 bits per heavy atom. The molecule has 2 fully saturated rings. The summed E-state index contributed by atoms with van der Waals surface area (Å²) in [6.07, 6.45) is 3.94. The molecule has 0 spiro atoms. The third-order valence-electron chi connectivity index (χ3n) is 3.97. The van der Waals surface area contributed by atoms with Gasteiger partial charge in [0.25, 0.3) is 0 Å². The highest BCUT2D eigenvalue weighted by atomic mass is 16.2. The zero-order valence-electron chi connectivity index (χ0n) is 9.75. The Bertz CT molecular complexity index is 311. The predicted octanol–water partition coefficient (Wildman–Crippen LogP) is 1.96. The van der Waals surface area contributed by atoms with Crippen LogP contribution in [0.3, 0.4) is 0 Å². The SMILES string of the molecule is CC(C)N1C(=O)[C@@H]2CCCC[C@@]2(C)C1=O. The molecule has 1 heterocycles. The summed E-state index contributed by atoms with van der Waals surface area (Å²) in [4.78, 5) is 25.8. The fraction of sp³-hybridized carbons (Fsp3) is 0.833. The Kier molecular flexibility index (Phi) is 2.36. The van der Waals surface area contributed by atoms with Crippen LogP contribution in [-0.2, 0) is 9.59 Å². The minimum Gasteiger partial charge on any atom is -0.279 e. The normalized spacial score (nSPS) is 36.3. The van der Waals surface area contributed by atoms with E-state index in [9.17, 15) is 9.59 Å².